The lowest BCUT2D eigenvalue weighted by Gasteiger charge is -2.04. The van der Waals surface area contributed by atoms with Crippen molar-refractivity contribution in [3.8, 4) is 0 Å². The Morgan fingerprint density at radius 2 is 2.32 bits per heavy atom. The highest BCUT2D eigenvalue weighted by molar-refractivity contribution is 7.09. The van der Waals surface area contributed by atoms with E-state index in [1.54, 1.807) is 11.7 Å². The van der Waals surface area contributed by atoms with Crippen LogP contribution < -0.4 is 5.32 Å². The first kappa shape index (κ1) is 13.1. The van der Waals surface area contributed by atoms with Crippen LogP contribution in [0, 0.1) is 15.9 Å². The number of halogens is 1. The van der Waals surface area contributed by atoms with Gasteiger partial charge in [0.1, 0.15) is 11.4 Å². The maximum Gasteiger partial charge on any atom is 0.282 e. The van der Waals surface area contributed by atoms with Crippen molar-refractivity contribution in [1.82, 2.24) is 10.3 Å². The van der Waals surface area contributed by atoms with E-state index in [-0.39, 0.29) is 12.1 Å². The van der Waals surface area contributed by atoms with Crippen LogP contribution in [-0.2, 0) is 6.54 Å². The Morgan fingerprint density at radius 3 is 2.95 bits per heavy atom. The molecule has 2 aromatic rings. The molecule has 1 amide bonds. The number of hydrogen-bond donors (Lipinski definition) is 1. The van der Waals surface area contributed by atoms with Crippen LogP contribution in [0.25, 0.3) is 0 Å². The van der Waals surface area contributed by atoms with Gasteiger partial charge >= 0.3 is 0 Å². The summed E-state index contributed by atoms with van der Waals surface area (Å²) in [4.78, 5) is 26.5. The minimum atomic E-state index is -0.721. The molecule has 1 N–H and O–H groups in total. The molecule has 1 aromatic heterocycles. The molecule has 0 saturated heterocycles. The van der Waals surface area contributed by atoms with Crippen LogP contribution in [0.3, 0.4) is 0 Å². The molecule has 0 bridgehead atoms. The molecule has 6 nitrogen and oxygen atoms in total. The molecular weight excluding hydrogens is 273 g/mol. The highest BCUT2D eigenvalue weighted by atomic mass is 32.1. The lowest BCUT2D eigenvalue weighted by molar-refractivity contribution is -0.385. The van der Waals surface area contributed by atoms with Gasteiger partial charge in [-0.15, -0.1) is 11.3 Å². The molecule has 1 heterocycles. The van der Waals surface area contributed by atoms with Crippen LogP contribution in [0.4, 0.5) is 10.1 Å². The van der Waals surface area contributed by atoms with E-state index >= 15 is 0 Å². The number of benzene rings is 1. The zero-order chi connectivity index (χ0) is 13.8. The molecule has 0 atom stereocenters. The Kier molecular flexibility index (Phi) is 3.81. The third kappa shape index (κ3) is 3.10. The van der Waals surface area contributed by atoms with Crippen molar-refractivity contribution in [3.05, 3.63) is 56.3 Å². The van der Waals surface area contributed by atoms with E-state index in [1.807, 2.05) is 0 Å². The van der Waals surface area contributed by atoms with Gasteiger partial charge in [-0.1, -0.05) is 0 Å². The van der Waals surface area contributed by atoms with Crippen LogP contribution in [0.1, 0.15) is 15.2 Å². The van der Waals surface area contributed by atoms with E-state index in [1.165, 1.54) is 11.3 Å². The smallest absolute Gasteiger partial charge is 0.282 e. The lowest BCUT2D eigenvalue weighted by Crippen LogP contribution is -2.23. The number of rotatable bonds is 4. The van der Waals surface area contributed by atoms with Crippen molar-refractivity contribution in [3.63, 3.8) is 0 Å². The molecule has 0 aliphatic heterocycles. The second-order valence-corrected chi connectivity index (χ2v) is 4.54. The van der Waals surface area contributed by atoms with E-state index in [2.05, 4.69) is 10.3 Å². The third-order valence-corrected chi connectivity index (χ3v) is 3.09. The van der Waals surface area contributed by atoms with Crippen LogP contribution in [0.2, 0.25) is 0 Å². The van der Waals surface area contributed by atoms with Crippen molar-refractivity contribution in [2.45, 2.75) is 6.54 Å². The summed E-state index contributed by atoms with van der Waals surface area (Å²) in [6.07, 6.45) is 1.57. The number of amides is 1. The van der Waals surface area contributed by atoms with Crippen LogP contribution >= 0.6 is 11.3 Å². The third-order valence-electron chi connectivity index (χ3n) is 2.31. The van der Waals surface area contributed by atoms with Gasteiger partial charge in [0.25, 0.3) is 11.6 Å². The number of nitro benzene ring substituents is 1. The second kappa shape index (κ2) is 5.53. The van der Waals surface area contributed by atoms with Gasteiger partial charge in [-0.2, -0.15) is 0 Å². The Labute approximate surface area is 111 Å². The summed E-state index contributed by atoms with van der Waals surface area (Å²) in [5, 5.41) is 13.2. The van der Waals surface area contributed by atoms with E-state index in [4.69, 9.17) is 0 Å². The summed E-state index contributed by atoms with van der Waals surface area (Å²) >= 11 is 1.34. The fraction of sp³-hybridized carbons (Fsp3) is 0.0909. The van der Waals surface area contributed by atoms with Gasteiger partial charge < -0.3 is 5.32 Å². The molecule has 0 spiro atoms. The molecule has 0 saturated carbocycles. The molecule has 19 heavy (non-hydrogen) atoms. The number of carbonyl (C=O) groups excluding carboxylic acids is 1. The van der Waals surface area contributed by atoms with Crippen LogP contribution in [-0.4, -0.2) is 15.8 Å². The highest BCUT2D eigenvalue weighted by Gasteiger charge is 2.20. The van der Waals surface area contributed by atoms with Gasteiger partial charge in [0.05, 0.1) is 17.0 Å². The lowest BCUT2D eigenvalue weighted by atomic mass is 10.1. The maximum atomic E-state index is 13.1. The van der Waals surface area contributed by atoms with E-state index < -0.39 is 22.3 Å². The van der Waals surface area contributed by atoms with E-state index in [0.29, 0.717) is 0 Å². The van der Waals surface area contributed by atoms with Gasteiger partial charge in [-0.05, 0) is 12.1 Å². The number of hydrogen-bond acceptors (Lipinski definition) is 5. The first-order valence-corrected chi connectivity index (χ1v) is 6.05. The predicted molar refractivity (Wildman–Crippen MR) is 66.3 cm³/mol. The summed E-state index contributed by atoms with van der Waals surface area (Å²) in [6, 6.07) is 2.76. The Hall–Kier alpha value is -2.35. The molecule has 98 valence electrons. The number of aromatic nitrogens is 1. The summed E-state index contributed by atoms with van der Waals surface area (Å²) in [6.45, 7) is 0.192. The average molecular weight is 281 g/mol. The van der Waals surface area contributed by atoms with Crippen LogP contribution in [0.5, 0.6) is 0 Å². The van der Waals surface area contributed by atoms with Crippen molar-refractivity contribution in [1.29, 1.82) is 0 Å². The molecule has 8 heteroatoms. The maximum absolute atomic E-state index is 13.1. The molecule has 0 radical (unpaired) electrons. The van der Waals surface area contributed by atoms with Gasteiger partial charge in [-0.3, -0.25) is 19.9 Å². The average Bonchev–Trinajstić information content (AvgIpc) is 2.88. The Balaban J connectivity index is 2.18. The molecule has 2 rings (SSSR count). The normalized spacial score (nSPS) is 10.2. The molecule has 1 aromatic carbocycles. The SMILES string of the molecule is O=C(NCc1cncs1)c1cc(F)ccc1[N+](=O)[O-]. The number of carbonyl (C=O) groups is 1. The quantitative estimate of drug-likeness (QED) is 0.687. The minimum absolute atomic E-state index is 0.192. The van der Waals surface area contributed by atoms with Gasteiger partial charge in [-0.25, -0.2) is 4.39 Å². The topological polar surface area (TPSA) is 85.1 Å². The molecular formula is C11H8FN3O3S. The minimum Gasteiger partial charge on any atom is -0.347 e. The predicted octanol–water partition coefficient (Wildman–Crippen LogP) is 2.12. The summed E-state index contributed by atoms with van der Waals surface area (Å²) in [7, 11) is 0. The Morgan fingerprint density at radius 1 is 1.53 bits per heavy atom. The highest BCUT2D eigenvalue weighted by Crippen LogP contribution is 2.19. The van der Waals surface area contributed by atoms with Crippen molar-refractivity contribution >= 4 is 22.9 Å². The first-order valence-electron chi connectivity index (χ1n) is 5.17. The standard InChI is InChI=1S/C11H8FN3O3S/c12-7-1-2-10(15(17)18)9(3-7)11(16)14-5-8-4-13-6-19-8/h1-4,6H,5H2,(H,14,16). The molecule has 0 fully saturated rings. The summed E-state index contributed by atoms with van der Waals surface area (Å²) in [5.74, 6) is -1.40. The number of nitrogens with one attached hydrogen (secondary N) is 1. The first-order chi connectivity index (χ1) is 9.08. The second-order valence-electron chi connectivity index (χ2n) is 3.57. The number of nitrogens with zero attached hydrogens (tertiary/aromatic N) is 2. The fourth-order valence-electron chi connectivity index (χ4n) is 1.44. The number of nitro groups is 1. The summed E-state index contributed by atoms with van der Waals surface area (Å²) in [5.41, 5.74) is 0.879. The number of thiazole rings is 1. The van der Waals surface area contributed by atoms with Gasteiger partial charge in [0.15, 0.2) is 0 Å². The van der Waals surface area contributed by atoms with Gasteiger partial charge in [0, 0.05) is 17.1 Å². The molecule has 0 aliphatic rings. The molecule has 0 aliphatic carbocycles. The van der Waals surface area contributed by atoms with E-state index in [9.17, 15) is 19.3 Å². The summed E-state index contributed by atoms with van der Waals surface area (Å²) < 4.78 is 13.1. The Bertz CT molecular complexity index is 616. The van der Waals surface area contributed by atoms with Crippen molar-refractivity contribution < 1.29 is 14.1 Å². The zero-order valence-corrected chi connectivity index (χ0v) is 10.3. The largest absolute Gasteiger partial charge is 0.347 e. The van der Waals surface area contributed by atoms with Crippen molar-refractivity contribution in [2.24, 2.45) is 0 Å². The monoisotopic (exact) mass is 281 g/mol. The van der Waals surface area contributed by atoms with Crippen molar-refractivity contribution in [2.75, 3.05) is 0 Å². The zero-order valence-electron chi connectivity index (χ0n) is 9.50. The van der Waals surface area contributed by atoms with Gasteiger partial charge in [0.2, 0.25) is 0 Å². The fourth-order valence-corrected chi connectivity index (χ4v) is 1.98. The van der Waals surface area contributed by atoms with Crippen LogP contribution in [0.15, 0.2) is 29.9 Å². The molecule has 0 unspecified atom stereocenters. The van der Waals surface area contributed by atoms with E-state index in [0.717, 1.165) is 23.1 Å².